The number of carbonyl (C=O) groups is 9. The number of alkyl carbamates (subject to hydrolysis) is 1. The number of nitrogens with zero attached hydrogens (tertiary/aromatic N) is 3. The van der Waals surface area contributed by atoms with E-state index in [9.17, 15) is 48.3 Å². The number of aliphatic hydroxyl groups excluding tert-OH is 1. The highest BCUT2D eigenvalue weighted by molar-refractivity contribution is 5.98. The molecule has 1 aliphatic heterocycles. The summed E-state index contributed by atoms with van der Waals surface area (Å²) in [5, 5.41) is 27.2. The van der Waals surface area contributed by atoms with Crippen LogP contribution in [0.25, 0.3) is 0 Å². The van der Waals surface area contributed by atoms with Crippen LogP contribution in [0.5, 0.6) is 0 Å². The third kappa shape index (κ3) is 21.6. The summed E-state index contributed by atoms with van der Waals surface area (Å²) >= 11 is 0. The number of carbonyl (C=O) groups excluding carboxylic acids is 9. The Morgan fingerprint density at radius 3 is 1.97 bits per heavy atom. The van der Waals surface area contributed by atoms with E-state index >= 15 is 0 Å². The van der Waals surface area contributed by atoms with Gasteiger partial charge in [0.2, 0.25) is 35.4 Å². The second kappa shape index (κ2) is 36.0. The Labute approximate surface area is 508 Å². The van der Waals surface area contributed by atoms with E-state index in [4.69, 9.17) is 24.7 Å². The number of methoxy groups -OCH3 is 2. The van der Waals surface area contributed by atoms with Crippen LogP contribution < -0.4 is 37.6 Å². The number of nitrogens with two attached hydrogens (primary N) is 1. The first-order valence-corrected chi connectivity index (χ1v) is 29.8. The van der Waals surface area contributed by atoms with Crippen molar-refractivity contribution in [2.45, 2.75) is 175 Å². The highest BCUT2D eigenvalue weighted by atomic mass is 16.6. The number of aliphatic hydroxyl groups is 1. The first-order valence-electron chi connectivity index (χ1n) is 29.8. The van der Waals surface area contributed by atoms with Crippen LogP contribution in [-0.2, 0) is 54.3 Å². The zero-order valence-corrected chi connectivity index (χ0v) is 52.9. The Hall–Kier alpha value is -7.31. The monoisotopic (exact) mass is 1210 g/mol. The Kier molecular flexibility index (Phi) is 30.5. The van der Waals surface area contributed by atoms with E-state index in [1.807, 2.05) is 32.0 Å². The van der Waals surface area contributed by atoms with Crippen LogP contribution >= 0.6 is 0 Å². The van der Waals surface area contributed by atoms with E-state index in [-0.39, 0.29) is 62.7 Å². The van der Waals surface area contributed by atoms with Gasteiger partial charge in [-0.3, -0.25) is 33.7 Å². The summed E-state index contributed by atoms with van der Waals surface area (Å²) in [5.41, 5.74) is 6.75. The molecule has 1 fully saturated rings. The maximum Gasteiger partial charge on any atom is 0.410 e. The fraction of sp³-hybridized carbons (Fsp3) is 0.629. The Morgan fingerprint density at radius 2 is 1.41 bits per heavy atom. The van der Waals surface area contributed by atoms with Crippen LogP contribution in [0, 0.1) is 29.6 Å². The van der Waals surface area contributed by atoms with E-state index in [0.29, 0.717) is 42.6 Å². The first-order chi connectivity index (χ1) is 40.6. The molecule has 12 atom stereocenters. The summed E-state index contributed by atoms with van der Waals surface area (Å²) in [6.45, 7) is 21.8. The number of rotatable bonds is 34. The lowest BCUT2D eigenvalue weighted by molar-refractivity contribution is -0.148. The van der Waals surface area contributed by atoms with Gasteiger partial charge in [-0.25, -0.2) is 14.4 Å². The third-order valence-corrected chi connectivity index (χ3v) is 15.8. The van der Waals surface area contributed by atoms with Crippen molar-refractivity contribution >= 4 is 59.3 Å². The summed E-state index contributed by atoms with van der Waals surface area (Å²) in [6.07, 6.45) is -0.467. The highest BCUT2D eigenvalue weighted by Crippen LogP contribution is 2.30. The van der Waals surface area contributed by atoms with Crippen LogP contribution in [0.1, 0.15) is 125 Å². The minimum absolute atomic E-state index is 0.0732. The number of ether oxygens (including phenoxy) is 4. The summed E-state index contributed by atoms with van der Waals surface area (Å²) in [7, 11) is 6.09. The van der Waals surface area contributed by atoms with Gasteiger partial charge in [-0.2, -0.15) is 0 Å². The van der Waals surface area contributed by atoms with Gasteiger partial charge in [0.05, 0.1) is 48.8 Å². The molecule has 86 heavy (non-hydrogen) atoms. The summed E-state index contributed by atoms with van der Waals surface area (Å²) in [5.74, 6) is -4.87. The van der Waals surface area contributed by atoms with Gasteiger partial charge in [0.15, 0.2) is 0 Å². The molecule has 0 aromatic heterocycles. The van der Waals surface area contributed by atoms with E-state index in [1.54, 1.807) is 109 Å². The lowest BCUT2D eigenvalue weighted by Gasteiger charge is -2.41. The molecule has 3 rings (SSSR count). The number of nitrogens with one attached hydrogen (secondary N) is 6. The van der Waals surface area contributed by atoms with Crippen LogP contribution in [0.2, 0.25) is 0 Å². The molecule has 24 heteroatoms. The Morgan fingerprint density at radius 1 is 0.767 bits per heavy atom. The maximum atomic E-state index is 14.8. The van der Waals surface area contributed by atoms with Crippen molar-refractivity contribution in [2.24, 2.45) is 35.3 Å². The average Bonchev–Trinajstić information content (AvgIpc) is 2.88. The molecule has 2 aromatic rings. The number of urea groups is 1. The quantitative estimate of drug-likeness (QED) is 0.0322. The van der Waals surface area contributed by atoms with Crippen molar-refractivity contribution in [1.29, 1.82) is 0 Å². The fourth-order valence-corrected chi connectivity index (χ4v) is 10.7. The van der Waals surface area contributed by atoms with E-state index < -0.39 is 120 Å². The topological polar surface area (TPSA) is 319 Å². The zero-order valence-electron chi connectivity index (χ0n) is 52.9. The standard InChI is InChI=1S/C62H98N10O14/c1-16-33-85-61(81)69-49(36(3)4)57(77)67-45(25-21-31-64-60(63)80)56(76)66-44-29-27-42(28-30-44)35-86-62(82)71(13)51(38(7)8)58(78)68-50(37(5)6)59(79)70(12)52(39(9)17-2)47(83-14)34-48(73)72-32-22-26-46(72)54(84-15)40(10)55(75)65-41(11)53(74)43-23-19-18-20-24-43/h16,18-20,23-24,27-30,36-41,45-47,49-54,74H,1,17,21-22,25-26,31-35H2,2-15H3,(H,65,75)(H,66,76)(H,67,77)(H,68,78)(H,69,81)(H3,63,64,80)/t39-,40+,41+,45-,46-,47+,49-,50-,51-,52-,53+,54+/m0/s1. The molecule has 0 spiro atoms. The summed E-state index contributed by atoms with van der Waals surface area (Å²) < 4.78 is 22.7. The van der Waals surface area contributed by atoms with Gasteiger partial charge < -0.3 is 71.5 Å². The Balaban J connectivity index is 1.71. The van der Waals surface area contributed by atoms with Gasteiger partial charge in [-0.05, 0) is 79.5 Å². The van der Waals surface area contributed by atoms with Crippen molar-refractivity contribution in [1.82, 2.24) is 41.3 Å². The number of hydrogen-bond acceptors (Lipinski definition) is 14. The number of hydrogen-bond donors (Lipinski definition) is 8. The van der Waals surface area contributed by atoms with Crippen molar-refractivity contribution in [2.75, 3.05) is 53.3 Å². The molecular formula is C62H98N10O14. The minimum Gasteiger partial charge on any atom is -0.445 e. The van der Waals surface area contributed by atoms with Crippen molar-refractivity contribution in [3.8, 4) is 0 Å². The van der Waals surface area contributed by atoms with Crippen molar-refractivity contribution < 1.29 is 67.2 Å². The van der Waals surface area contributed by atoms with Gasteiger partial charge in [-0.1, -0.05) is 124 Å². The first kappa shape index (κ1) is 72.9. The summed E-state index contributed by atoms with van der Waals surface area (Å²) in [6, 6.07) is 8.76. The lowest BCUT2D eigenvalue weighted by Crippen LogP contribution is -2.60. The van der Waals surface area contributed by atoms with Crippen LogP contribution in [0.15, 0.2) is 67.3 Å². The molecule has 0 radical (unpaired) electrons. The van der Waals surface area contributed by atoms with Crippen LogP contribution in [0.3, 0.4) is 0 Å². The van der Waals surface area contributed by atoms with Crippen LogP contribution in [0.4, 0.5) is 20.1 Å². The predicted octanol–water partition coefficient (Wildman–Crippen LogP) is 5.39. The normalized spacial score (nSPS) is 17.0. The highest BCUT2D eigenvalue weighted by Gasteiger charge is 2.44. The smallest absolute Gasteiger partial charge is 0.410 e. The molecule has 24 nitrogen and oxygen atoms in total. The SMILES string of the molecule is C=CCOC(=O)N[C@H](C(=O)N[C@@H](CCCNC(N)=O)C(=O)Nc1ccc(COC(=O)N(C)[C@H](C(=O)N[C@H](C(=O)N(C)[C@@H]([C@@H](C)CC)[C@@H](CC(=O)N2CCC[C@H]2[C@H](OC)[C@@H](C)C(=O)N[C@H](C)[C@@H](O)c2ccccc2)OC)C(C)C)C(C)C)cc1)C(C)C. The van der Waals surface area contributed by atoms with Gasteiger partial charge in [-0.15, -0.1) is 0 Å². The molecule has 9 N–H and O–H groups in total. The average molecular weight is 1210 g/mol. The minimum atomic E-state index is -1.10. The maximum absolute atomic E-state index is 14.8. The number of amides is 10. The Bertz CT molecular complexity index is 2540. The van der Waals surface area contributed by atoms with Crippen molar-refractivity contribution in [3.63, 3.8) is 0 Å². The number of benzene rings is 2. The van der Waals surface area contributed by atoms with Gasteiger partial charge in [0, 0.05) is 47.1 Å². The second-order valence-electron chi connectivity index (χ2n) is 23.3. The van der Waals surface area contributed by atoms with E-state index in [0.717, 1.165) is 0 Å². The van der Waals surface area contributed by atoms with Gasteiger partial charge in [0.25, 0.3) is 0 Å². The number of anilines is 1. The number of likely N-dealkylation sites (N-methyl/N-ethyl adjacent to an activating group) is 2. The molecule has 1 saturated heterocycles. The number of likely N-dealkylation sites (tertiary alicyclic amines) is 1. The fourth-order valence-electron chi connectivity index (χ4n) is 10.7. The van der Waals surface area contributed by atoms with Gasteiger partial charge >= 0.3 is 18.2 Å². The van der Waals surface area contributed by atoms with Crippen LogP contribution in [-0.4, -0.2) is 176 Å². The molecule has 1 heterocycles. The van der Waals surface area contributed by atoms with E-state index in [1.165, 1.54) is 32.2 Å². The summed E-state index contributed by atoms with van der Waals surface area (Å²) in [4.78, 5) is 126. The molecule has 1 aliphatic rings. The van der Waals surface area contributed by atoms with E-state index in [2.05, 4.69) is 38.5 Å². The molecule has 480 valence electrons. The molecule has 0 saturated carbocycles. The number of primary amides is 1. The zero-order chi connectivity index (χ0) is 64.5. The molecular weight excluding hydrogens is 1110 g/mol. The largest absolute Gasteiger partial charge is 0.445 e. The second-order valence-corrected chi connectivity index (χ2v) is 23.3. The predicted molar refractivity (Wildman–Crippen MR) is 326 cm³/mol. The molecule has 0 unspecified atom stereocenters. The van der Waals surface area contributed by atoms with Crippen molar-refractivity contribution in [3.05, 3.63) is 78.4 Å². The third-order valence-electron chi connectivity index (χ3n) is 15.8. The molecule has 2 aromatic carbocycles. The molecule has 10 amide bonds. The van der Waals surface area contributed by atoms with Gasteiger partial charge in [0.1, 0.15) is 37.4 Å². The molecule has 0 aliphatic carbocycles. The lowest BCUT2D eigenvalue weighted by atomic mass is 9.89. The molecule has 0 bridgehead atoms.